The summed E-state index contributed by atoms with van der Waals surface area (Å²) in [6, 6.07) is 1.79. The number of rotatable bonds is 4. The zero-order chi connectivity index (χ0) is 13.7. The maximum absolute atomic E-state index is 11.9. The van der Waals surface area contributed by atoms with Crippen LogP contribution >= 0.6 is 15.9 Å². The van der Waals surface area contributed by atoms with Crippen LogP contribution in [0.25, 0.3) is 0 Å². The van der Waals surface area contributed by atoms with E-state index in [1.165, 1.54) is 25.9 Å². The maximum atomic E-state index is 11.9. The van der Waals surface area contributed by atoms with E-state index in [0.29, 0.717) is 5.56 Å². The quantitative estimate of drug-likeness (QED) is 0.923. The molecule has 1 aromatic rings. The Hall–Kier alpha value is -0.940. The number of pyridine rings is 1. The number of carbonyl (C=O) groups excluding carboxylic acids is 1. The first-order valence-corrected chi connectivity index (χ1v) is 7.52. The molecule has 1 fully saturated rings. The second-order valence-electron chi connectivity index (χ2n) is 5.18. The monoisotopic (exact) mass is 325 g/mol. The van der Waals surface area contributed by atoms with Gasteiger partial charge in [-0.2, -0.15) is 0 Å². The lowest BCUT2D eigenvalue weighted by atomic mass is 9.94. The first kappa shape index (κ1) is 14.5. The lowest BCUT2D eigenvalue weighted by Crippen LogP contribution is -2.32. The second-order valence-corrected chi connectivity index (χ2v) is 6.10. The van der Waals surface area contributed by atoms with Crippen LogP contribution in [0.5, 0.6) is 0 Å². The zero-order valence-corrected chi connectivity index (χ0v) is 12.8. The predicted octanol–water partition coefficient (Wildman–Crippen LogP) is 2.31. The van der Waals surface area contributed by atoms with Crippen molar-refractivity contribution in [3.05, 3.63) is 28.5 Å². The van der Waals surface area contributed by atoms with Crippen molar-refractivity contribution in [2.75, 3.05) is 26.7 Å². The van der Waals surface area contributed by atoms with Gasteiger partial charge in [0.1, 0.15) is 0 Å². The van der Waals surface area contributed by atoms with Gasteiger partial charge in [0.2, 0.25) is 0 Å². The predicted molar refractivity (Wildman–Crippen MR) is 79.1 cm³/mol. The lowest BCUT2D eigenvalue weighted by molar-refractivity contribution is 0.0948. The van der Waals surface area contributed by atoms with Gasteiger partial charge < -0.3 is 10.2 Å². The molecule has 1 amide bonds. The van der Waals surface area contributed by atoms with Gasteiger partial charge in [0, 0.05) is 23.4 Å². The van der Waals surface area contributed by atoms with Crippen LogP contribution in [-0.4, -0.2) is 42.5 Å². The first-order valence-electron chi connectivity index (χ1n) is 6.72. The van der Waals surface area contributed by atoms with Crippen molar-refractivity contribution < 1.29 is 4.79 Å². The summed E-state index contributed by atoms with van der Waals surface area (Å²) in [7, 11) is 2.16. The average Bonchev–Trinajstić information content (AvgIpc) is 2.41. The maximum Gasteiger partial charge on any atom is 0.252 e. The Morgan fingerprint density at radius 3 is 2.89 bits per heavy atom. The number of hydrogen-bond donors (Lipinski definition) is 1. The summed E-state index contributed by atoms with van der Waals surface area (Å²) in [4.78, 5) is 18.3. The topological polar surface area (TPSA) is 45.2 Å². The number of aromatic nitrogens is 1. The number of amides is 1. The van der Waals surface area contributed by atoms with Crippen molar-refractivity contribution in [2.24, 2.45) is 5.92 Å². The van der Waals surface area contributed by atoms with Crippen molar-refractivity contribution in [3.63, 3.8) is 0 Å². The van der Waals surface area contributed by atoms with Gasteiger partial charge in [-0.25, -0.2) is 0 Å². The van der Waals surface area contributed by atoms with Gasteiger partial charge in [0.05, 0.1) is 5.56 Å². The molecule has 1 aliphatic heterocycles. The molecule has 1 saturated heterocycles. The van der Waals surface area contributed by atoms with Crippen LogP contribution in [0.15, 0.2) is 22.9 Å². The van der Waals surface area contributed by atoms with Gasteiger partial charge >= 0.3 is 0 Å². The van der Waals surface area contributed by atoms with Crippen molar-refractivity contribution >= 4 is 21.8 Å². The molecule has 1 aliphatic rings. The normalized spacial score (nSPS) is 17.4. The summed E-state index contributed by atoms with van der Waals surface area (Å²) >= 11 is 3.32. The molecule has 0 spiro atoms. The third kappa shape index (κ3) is 4.58. The summed E-state index contributed by atoms with van der Waals surface area (Å²) < 4.78 is 0.829. The zero-order valence-electron chi connectivity index (χ0n) is 11.2. The smallest absolute Gasteiger partial charge is 0.252 e. The second kappa shape index (κ2) is 7.01. The molecule has 4 nitrogen and oxygen atoms in total. The number of carbonyl (C=O) groups is 1. The van der Waals surface area contributed by atoms with E-state index in [9.17, 15) is 4.79 Å². The lowest BCUT2D eigenvalue weighted by Gasteiger charge is -2.28. The highest BCUT2D eigenvalue weighted by Crippen LogP contribution is 2.18. The summed E-state index contributed by atoms with van der Waals surface area (Å²) in [6.07, 6.45) is 6.82. The minimum atomic E-state index is -0.0401. The van der Waals surface area contributed by atoms with Crippen LogP contribution in [-0.2, 0) is 0 Å². The highest BCUT2D eigenvalue weighted by atomic mass is 79.9. The van der Waals surface area contributed by atoms with E-state index in [0.717, 1.165) is 23.4 Å². The molecule has 19 heavy (non-hydrogen) atoms. The fourth-order valence-corrected chi connectivity index (χ4v) is 2.74. The Morgan fingerprint density at radius 2 is 2.21 bits per heavy atom. The molecule has 5 heteroatoms. The van der Waals surface area contributed by atoms with Crippen LogP contribution < -0.4 is 5.32 Å². The van der Waals surface area contributed by atoms with E-state index in [2.05, 4.69) is 38.2 Å². The number of nitrogens with one attached hydrogen (secondary N) is 1. The van der Waals surface area contributed by atoms with Gasteiger partial charge in [-0.15, -0.1) is 0 Å². The van der Waals surface area contributed by atoms with E-state index in [1.54, 1.807) is 18.5 Å². The number of hydrogen-bond acceptors (Lipinski definition) is 3. The Bertz CT molecular complexity index is 430. The SMILES string of the molecule is CN1CCC(CCNC(=O)c2cncc(Br)c2)CC1. The number of piperidine rings is 1. The van der Waals surface area contributed by atoms with E-state index < -0.39 is 0 Å². The fourth-order valence-electron chi connectivity index (χ4n) is 2.38. The van der Waals surface area contributed by atoms with Gasteiger partial charge in [-0.1, -0.05) is 0 Å². The molecule has 1 N–H and O–H groups in total. The Kier molecular flexibility index (Phi) is 5.34. The standard InChI is InChI=1S/C14H20BrN3O/c1-18-6-3-11(4-7-18)2-5-17-14(19)12-8-13(15)10-16-9-12/h8-11H,2-7H2,1H3,(H,17,19). The largest absolute Gasteiger partial charge is 0.352 e. The van der Waals surface area contributed by atoms with Crippen molar-refractivity contribution in [1.82, 2.24) is 15.2 Å². The molecular weight excluding hydrogens is 306 g/mol. The molecule has 104 valence electrons. The summed E-state index contributed by atoms with van der Waals surface area (Å²) in [5.74, 6) is 0.707. The Balaban J connectivity index is 1.72. The number of halogens is 1. The van der Waals surface area contributed by atoms with E-state index >= 15 is 0 Å². The highest BCUT2D eigenvalue weighted by Gasteiger charge is 2.16. The van der Waals surface area contributed by atoms with Gasteiger partial charge in [0.25, 0.3) is 5.91 Å². The van der Waals surface area contributed by atoms with Crippen LogP contribution in [0, 0.1) is 5.92 Å². The van der Waals surface area contributed by atoms with Crippen LogP contribution in [0.4, 0.5) is 0 Å². The van der Waals surface area contributed by atoms with Gasteiger partial charge in [0.15, 0.2) is 0 Å². The molecule has 0 saturated carbocycles. The van der Waals surface area contributed by atoms with Crippen molar-refractivity contribution in [2.45, 2.75) is 19.3 Å². The highest BCUT2D eigenvalue weighted by molar-refractivity contribution is 9.10. The molecule has 2 heterocycles. The minimum absolute atomic E-state index is 0.0401. The number of nitrogens with zero attached hydrogens (tertiary/aromatic N) is 2. The summed E-state index contributed by atoms with van der Waals surface area (Å²) in [5.41, 5.74) is 0.609. The molecule has 0 unspecified atom stereocenters. The molecule has 2 rings (SSSR count). The van der Waals surface area contributed by atoms with Crippen LogP contribution in [0.3, 0.4) is 0 Å². The molecule has 0 aromatic carbocycles. The third-order valence-electron chi connectivity index (χ3n) is 3.64. The van der Waals surface area contributed by atoms with Crippen LogP contribution in [0.2, 0.25) is 0 Å². The fraction of sp³-hybridized carbons (Fsp3) is 0.571. The molecule has 0 radical (unpaired) electrons. The number of likely N-dealkylation sites (tertiary alicyclic amines) is 1. The third-order valence-corrected chi connectivity index (χ3v) is 4.08. The summed E-state index contributed by atoms with van der Waals surface area (Å²) in [6.45, 7) is 3.10. The van der Waals surface area contributed by atoms with Gasteiger partial charge in [-0.3, -0.25) is 9.78 Å². The first-order chi connectivity index (χ1) is 9.15. The Labute approximate surface area is 122 Å². The van der Waals surface area contributed by atoms with Crippen LogP contribution in [0.1, 0.15) is 29.6 Å². The minimum Gasteiger partial charge on any atom is -0.352 e. The molecule has 0 bridgehead atoms. The van der Waals surface area contributed by atoms with Gasteiger partial charge in [-0.05, 0) is 67.3 Å². The summed E-state index contributed by atoms with van der Waals surface area (Å²) in [5, 5.41) is 2.97. The average molecular weight is 326 g/mol. The molecule has 1 aromatic heterocycles. The van der Waals surface area contributed by atoms with E-state index in [-0.39, 0.29) is 5.91 Å². The van der Waals surface area contributed by atoms with E-state index in [1.807, 2.05) is 0 Å². The molecular formula is C14H20BrN3O. The molecule has 0 atom stereocenters. The Morgan fingerprint density at radius 1 is 1.47 bits per heavy atom. The van der Waals surface area contributed by atoms with Crippen molar-refractivity contribution in [3.8, 4) is 0 Å². The molecule has 0 aliphatic carbocycles. The van der Waals surface area contributed by atoms with E-state index in [4.69, 9.17) is 0 Å². The van der Waals surface area contributed by atoms with Crippen molar-refractivity contribution in [1.29, 1.82) is 0 Å².